The Hall–Kier alpha value is -1.56. The van der Waals surface area contributed by atoms with Crippen molar-refractivity contribution in [3.8, 4) is 0 Å². The molecule has 0 unspecified atom stereocenters. The van der Waals surface area contributed by atoms with Crippen LogP contribution in [0.5, 0.6) is 0 Å². The van der Waals surface area contributed by atoms with Gasteiger partial charge in [-0.15, -0.1) is 0 Å². The molecule has 2 aromatic rings. The molecule has 0 aliphatic heterocycles. The molecule has 1 fully saturated rings. The molecule has 2 aromatic heterocycles. The maximum absolute atomic E-state index is 12.4. The van der Waals surface area contributed by atoms with Crippen LogP contribution in [-0.2, 0) is 0 Å². The number of amides is 1. The van der Waals surface area contributed by atoms with E-state index in [2.05, 4.69) is 26.3 Å². The van der Waals surface area contributed by atoms with Gasteiger partial charge >= 0.3 is 0 Å². The third kappa shape index (κ3) is 2.65. The zero-order chi connectivity index (χ0) is 14.3. The molecular weight excluding hydrogens is 320 g/mol. The maximum Gasteiger partial charge on any atom is 0.272 e. The number of halogens is 1. The van der Waals surface area contributed by atoms with Gasteiger partial charge in [-0.05, 0) is 48.7 Å². The smallest absolute Gasteiger partial charge is 0.272 e. The average Bonchev–Trinajstić information content (AvgIpc) is 3.00. The van der Waals surface area contributed by atoms with Crippen LogP contribution >= 0.6 is 15.9 Å². The molecular formula is C14H17BrN4O. The highest BCUT2D eigenvalue weighted by molar-refractivity contribution is 9.10. The van der Waals surface area contributed by atoms with Crippen molar-refractivity contribution in [2.75, 3.05) is 5.32 Å². The summed E-state index contributed by atoms with van der Waals surface area (Å²) in [6.45, 7) is 4.10. The predicted molar refractivity (Wildman–Crippen MR) is 81.0 cm³/mol. The normalized spacial score (nSPS) is 14.8. The van der Waals surface area contributed by atoms with E-state index in [9.17, 15) is 4.79 Å². The number of aromatic nitrogens is 3. The van der Waals surface area contributed by atoms with Crippen molar-refractivity contribution in [3.63, 3.8) is 0 Å². The number of carbonyl (C=O) groups is 1. The van der Waals surface area contributed by atoms with Gasteiger partial charge in [0.1, 0.15) is 5.69 Å². The van der Waals surface area contributed by atoms with Crippen molar-refractivity contribution in [1.29, 1.82) is 0 Å². The SMILES string of the molecule is CC(C)n1cc(NC(=O)c2cc(Br)cn2C2CC2)cn1. The first kappa shape index (κ1) is 13.4. The Bertz CT molecular complexity index is 639. The fourth-order valence-corrected chi connectivity index (χ4v) is 2.60. The number of carbonyl (C=O) groups excluding carboxylic acids is 1. The molecule has 0 atom stereocenters. The van der Waals surface area contributed by atoms with E-state index < -0.39 is 0 Å². The Labute approximate surface area is 126 Å². The first-order valence-corrected chi connectivity index (χ1v) is 7.57. The molecule has 0 radical (unpaired) electrons. The lowest BCUT2D eigenvalue weighted by Crippen LogP contribution is -2.16. The number of rotatable bonds is 4. The molecule has 6 heteroatoms. The minimum atomic E-state index is -0.0918. The van der Waals surface area contributed by atoms with Gasteiger partial charge in [-0.25, -0.2) is 0 Å². The zero-order valence-electron chi connectivity index (χ0n) is 11.5. The molecule has 1 saturated carbocycles. The number of nitrogens with zero attached hydrogens (tertiary/aromatic N) is 3. The van der Waals surface area contributed by atoms with E-state index in [1.807, 2.05) is 41.6 Å². The largest absolute Gasteiger partial charge is 0.339 e. The second kappa shape index (κ2) is 5.09. The molecule has 5 nitrogen and oxygen atoms in total. The van der Waals surface area contributed by atoms with Gasteiger partial charge in [0.15, 0.2) is 0 Å². The van der Waals surface area contributed by atoms with Crippen LogP contribution in [0.2, 0.25) is 0 Å². The number of hydrogen-bond donors (Lipinski definition) is 1. The van der Waals surface area contributed by atoms with Gasteiger partial charge in [-0.2, -0.15) is 5.10 Å². The minimum Gasteiger partial charge on any atom is -0.339 e. The highest BCUT2D eigenvalue weighted by atomic mass is 79.9. The number of hydrogen-bond acceptors (Lipinski definition) is 2. The van der Waals surface area contributed by atoms with Gasteiger partial charge in [0.25, 0.3) is 5.91 Å². The van der Waals surface area contributed by atoms with Crippen LogP contribution in [0.1, 0.15) is 49.3 Å². The Kier molecular flexibility index (Phi) is 3.41. The molecule has 0 aromatic carbocycles. The lowest BCUT2D eigenvalue weighted by molar-refractivity contribution is 0.101. The summed E-state index contributed by atoms with van der Waals surface area (Å²) in [7, 11) is 0. The molecule has 1 amide bonds. The van der Waals surface area contributed by atoms with Crippen LogP contribution in [0.3, 0.4) is 0 Å². The topological polar surface area (TPSA) is 51.9 Å². The molecule has 1 aliphatic carbocycles. The second-order valence-corrected chi connectivity index (χ2v) is 6.35. The second-order valence-electron chi connectivity index (χ2n) is 5.44. The molecule has 2 heterocycles. The van der Waals surface area contributed by atoms with Crippen LogP contribution in [0, 0.1) is 0 Å². The van der Waals surface area contributed by atoms with E-state index in [0.717, 1.165) is 23.0 Å². The summed E-state index contributed by atoms with van der Waals surface area (Å²) in [5.41, 5.74) is 1.42. The molecule has 3 rings (SSSR count). The molecule has 0 bridgehead atoms. The van der Waals surface area contributed by atoms with Gasteiger partial charge < -0.3 is 9.88 Å². The van der Waals surface area contributed by atoms with Crippen molar-refractivity contribution in [2.45, 2.75) is 38.8 Å². The van der Waals surface area contributed by atoms with Gasteiger partial charge in [0.2, 0.25) is 0 Å². The standard InChI is InChI=1S/C14H17BrN4O/c1-9(2)19-8-11(6-16-19)17-14(20)13-5-10(15)7-18(13)12-3-4-12/h5-9,12H,3-4H2,1-2H3,(H,17,20). The van der Waals surface area contributed by atoms with Crippen molar-refractivity contribution in [2.24, 2.45) is 0 Å². The van der Waals surface area contributed by atoms with E-state index in [0.29, 0.717) is 11.7 Å². The summed E-state index contributed by atoms with van der Waals surface area (Å²) in [6, 6.07) is 2.62. The average molecular weight is 337 g/mol. The van der Waals surface area contributed by atoms with E-state index in [4.69, 9.17) is 0 Å². The van der Waals surface area contributed by atoms with E-state index in [1.165, 1.54) is 0 Å². The summed E-state index contributed by atoms with van der Waals surface area (Å²) < 4.78 is 4.81. The Balaban J connectivity index is 1.78. The molecule has 1 N–H and O–H groups in total. The first-order chi connectivity index (χ1) is 9.54. The summed E-state index contributed by atoms with van der Waals surface area (Å²) in [5.74, 6) is -0.0918. The minimum absolute atomic E-state index is 0.0918. The van der Waals surface area contributed by atoms with E-state index in [1.54, 1.807) is 6.20 Å². The summed E-state index contributed by atoms with van der Waals surface area (Å²) in [4.78, 5) is 12.4. The maximum atomic E-state index is 12.4. The van der Waals surface area contributed by atoms with Crippen molar-refractivity contribution in [1.82, 2.24) is 14.3 Å². The van der Waals surface area contributed by atoms with Crippen molar-refractivity contribution in [3.05, 3.63) is 34.8 Å². The number of nitrogens with one attached hydrogen (secondary N) is 1. The zero-order valence-corrected chi connectivity index (χ0v) is 13.1. The monoisotopic (exact) mass is 336 g/mol. The van der Waals surface area contributed by atoms with Gasteiger partial charge in [0, 0.05) is 29.0 Å². The first-order valence-electron chi connectivity index (χ1n) is 6.77. The van der Waals surface area contributed by atoms with E-state index in [-0.39, 0.29) is 11.9 Å². The summed E-state index contributed by atoms with van der Waals surface area (Å²) >= 11 is 3.44. The van der Waals surface area contributed by atoms with Crippen LogP contribution in [0.25, 0.3) is 0 Å². The van der Waals surface area contributed by atoms with Gasteiger partial charge in [-0.3, -0.25) is 9.48 Å². The van der Waals surface area contributed by atoms with Crippen molar-refractivity contribution >= 4 is 27.5 Å². The van der Waals surface area contributed by atoms with E-state index >= 15 is 0 Å². The molecule has 20 heavy (non-hydrogen) atoms. The van der Waals surface area contributed by atoms with Gasteiger partial charge in [-0.1, -0.05) is 0 Å². The Morgan fingerprint density at radius 1 is 1.45 bits per heavy atom. The third-order valence-electron chi connectivity index (χ3n) is 3.38. The lowest BCUT2D eigenvalue weighted by Gasteiger charge is -2.07. The lowest BCUT2D eigenvalue weighted by atomic mass is 10.3. The third-order valence-corrected chi connectivity index (χ3v) is 3.81. The van der Waals surface area contributed by atoms with Crippen molar-refractivity contribution < 1.29 is 4.79 Å². The Morgan fingerprint density at radius 2 is 2.20 bits per heavy atom. The fourth-order valence-electron chi connectivity index (χ4n) is 2.16. The van der Waals surface area contributed by atoms with Gasteiger partial charge in [0.05, 0.1) is 11.9 Å². The quantitative estimate of drug-likeness (QED) is 0.926. The fraction of sp³-hybridized carbons (Fsp3) is 0.429. The molecule has 1 aliphatic rings. The highest BCUT2D eigenvalue weighted by Gasteiger charge is 2.27. The Morgan fingerprint density at radius 3 is 2.80 bits per heavy atom. The van der Waals surface area contributed by atoms with Crippen LogP contribution < -0.4 is 5.32 Å². The highest BCUT2D eigenvalue weighted by Crippen LogP contribution is 2.37. The van der Waals surface area contributed by atoms with Crippen LogP contribution in [0.15, 0.2) is 29.1 Å². The van der Waals surface area contributed by atoms with Crippen LogP contribution in [0.4, 0.5) is 5.69 Å². The summed E-state index contributed by atoms with van der Waals surface area (Å²) in [6.07, 6.45) is 7.79. The number of anilines is 1. The molecule has 0 spiro atoms. The summed E-state index contributed by atoms with van der Waals surface area (Å²) in [5, 5.41) is 7.13. The molecule has 0 saturated heterocycles. The molecule has 106 valence electrons. The predicted octanol–water partition coefficient (Wildman–Crippen LogP) is 3.62. The van der Waals surface area contributed by atoms with Crippen LogP contribution in [-0.4, -0.2) is 20.3 Å².